The standard InChI is InChI=1S/C13H15ClN2O/c1-9(14)8-15-12-7-6-10-4-2-3-5-11(10)16-13(12)17/h2-5,12,15H,1,6-8H2,(H,16,17). The van der Waals surface area contributed by atoms with Crippen LogP contribution < -0.4 is 10.6 Å². The maximum absolute atomic E-state index is 11.9. The molecule has 1 aliphatic rings. The zero-order chi connectivity index (χ0) is 12.3. The van der Waals surface area contributed by atoms with Crippen LogP contribution in [-0.2, 0) is 11.2 Å². The summed E-state index contributed by atoms with van der Waals surface area (Å²) < 4.78 is 0. The Balaban J connectivity index is 2.07. The summed E-state index contributed by atoms with van der Waals surface area (Å²) in [6.07, 6.45) is 1.65. The number of hydrogen-bond acceptors (Lipinski definition) is 2. The Kier molecular flexibility index (Phi) is 3.82. The fourth-order valence-electron chi connectivity index (χ4n) is 1.94. The number of nitrogens with one attached hydrogen (secondary N) is 2. The first-order valence-corrected chi connectivity index (χ1v) is 6.00. The van der Waals surface area contributed by atoms with E-state index in [1.807, 2.05) is 24.3 Å². The van der Waals surface area contributed by atoms with Gasteiger partial charge in [-0.05, 0) is 24.5 Å². The van der Waals surface area contributed by atoms with E-state index in [1.165, 1.54) is 5.56 Å². The van der Waals surface area contributed by atoms with Crippen molar-refractivity contribution in [2.75, 3.05) is 11.9 Å². The Morgan fingerprint density at radius 2 is 2.29 bits per heavy atom. The van der Waals surface area contributed by atoms with Crippen LogP contribution in [0.25, 0.3) is 0 Å². The number of fused-ring (bicyclic) bond motifs is 1. The summed E-state index contributed by atoms with van der Waals surface area (Å²) in [6, 6.07) is 7.67. The Morgan fingerprint density at radius 3 is 3.06 bits per heavy atom. The molecule has 0 bridgehead atoms. The molecule has 0 aliphatic carbocycles. The van der Waals surface area contributed by atoms with Crippen LogP contribution in [0.15, 0.2) is 35.9 Å². The molecule has 3 nitrogen and oxygen atoms in total. The summed E-state index contributed by atoms with van der Waals surface area (Å²) >= 11 is 5.69. The third-order valence-electron chi connectivity index (χ3n) is 2.83. The largest absolute Gasteiger partial charge is 0.324 e. The van der Waals surface area contributed by atoms with Crippen LogP contribution in [-0.4, -0.2) is 18.5 Å². The average molecular weight is 251 g/mol. The molecule has 0 spiro atoms. The van der Waals surface area contributed by atoms with Gasteiger partial charge in [0.1, 0.15) is 0 Å². The van der Waals surface area contributed by atoms with Crippen LogP contribution in [0.5, 0.6) is 0 Å². The van der Waals surface area contributed by atoms with Gasteiger partial charge in [0.2, 0.25) is 5.91 Å². The number of anilines is 1. The molecule has 0 saturated heterocycles. The van der Waals surface area contributed by atoms with E-state index in [0.717, 1.165) is 18.5 Å². The lowest BCUT2D eigenvalue weighted by Crippen LogP contribution is -2.40. The predicted octanol–water partition coefficient (Wildman–Crippen LogP) is 2.28. The molecule has 90 valence electrons. The van der Waals surface area contributed by atoms with Crippen LogP contribution >= 0.6 is 11.6 Å². The summed E-state index contributed by atoms with van der Waals surface area (Å²) in [5.74, 6) is -0.00660. The van der Waals surface area contributed by atoms with Gasteiger partial charge >= 0.3 is 0 Å². The number of rotatable bonds is 3. The van der Waals surface area contributed by atoms with Crippen molar-refractivity contribution < 1.29 is 4.79 Å². The van der Waals surface area contributed by atoms with Gasteiger partial charge in [0.25, 0.3) is 0 Å². The van der Waals surface area contributed by atoms with Crippen molar-refractivity contribution in [2.45, 2.75) is 18.9 Å². The number of aryl methyl sites for hydroxylation is 1. The summed E-state index contributed by atoms with van der Waals surface area (Å²) in [5, 5.41) is 6.54. The highest BCUT2D eigenvalue weighted by Crippen LogP contribution is 2.21. The molecular formula is C13H15ClN2O. The van der Waals surface area contributed by atoms with Gasteiger partial charge in [-0.25, -0.2) is 0 Å². The van der Waals surface area contributed by atoms with E-state index in [0.29, 0.717) is 11.6 Å². The first kappa shape index (κ1) is 12.1. The number of para-hydroxylation sites is 1. The second-order valence-corrected chi connectivity index (χ2v) is 4.67. The molecule has 1 aromatic carbocycles. The van der Waals surface area contributed by atoms with Gasteiger partial charge in [-0.15, -0.1) is 0 Å². The molecular weight excluding hydrogens is 236 g/mol. The van der Waals surface area contributed by atoms with Gasteiger partial charge < -0.3 is 10.6 Å². The molecule has 1 aromatic rings. The lowest BCUT2D eigenvalue weighted by atomic mass is 10.1. The van der Waals surface area contributed by atoms with E-state index < -0.39 is 0 Å². The number of halogens is 1. The lowest BCUT2D eigenvalue weighted by Gasteiger charge is -2.14. The maximum atomic E-state index is 11.9. The smallest absolute Gasteiger partial charge is 0.241 e. The zero-order valence-corrected chi connectivity index (χ0v) is 10.3. The van der Waals surface area contributed by atoms with Crippen LogP contribution in [0.3, 0.4) is 0 Å². The van der Waals surface area contributed by atoms with Crippen molar-refractivity contribution in [1.82, 2.24) is 5.32 Å². The van der Waals surface area contributed by atoms with Crippen molar-refractivity contribution in [2.24, 2.45) is 0 Å². The summed E-state index contributed by atoms with van der Waals surface area (Å²) in [6.45, 7) is 4.05. The van der Waals surface area contributed by atoms with Gasteiger partial charge in [-0.3, -0.25) is 4.79 Å². The molecule has 1 amide bonds. The highest BCUT2D eigenvalue weighted by molar-refractivity contribution is 6.29. The molecule has 1 heterocycles. The van der Waals surface area contributed by atoms with Gasteiger partial charge in [0.05, 0.1) is 6.04 Å². The fourth-order valence-corrected chi connectivity index (χ4v) is 2.02. The van der Waals surface area contributed by atoms with Gasteiger partial charge in [-0.1, -0.05) is 36.4 Å². The van der Waals surface area contributed by atoms with E-state index in [1.54, 1.807) is 0 Å². The highest BCUT2D eigenvalue weighted by atomic mass is 35.5. The zero-order valence-electron chi connectivity index (χ0n) is 9.50. The van der Waals surface area contributed by atoms with Crippen LogP contribution in [0, 0.1) is 0 Å². The van der Waals surface area contributed by atoms with E-state index in [2.05, 4.69) is 17.2 Å². The van der Waals surface area contributed by atoms with Gasteiger partial charge in [0.15, 0.2) is 0 Å². The Morgan fingerprint density at radius 1 is 1.53 bits per heavy atom. The van der Waals surface area contributed by atoms with Gasteiger partial charge in [0, 0.05) is 17.3 Å². The first-order valence-electron chi connectivity index (χ1n) is 5.62. The van der Waals surface area contributed by atoms with Crippen LogP contribution in [0.1, 0.15) is 12.0 Å². The summed E-state index contributed by atoms with van der Waals surface area (Å²) in [5.41, 5.74) is 2.08. The minimum atomic E-state index is -0.210. The highest BCUT2D eigenvalue weighted by Gasteiger charge is 2.22. The third kappa shape index (κ3) is 3.08. The van der Waals surface area contributed by atoms with Crippen molar-refractivity contribution >= 4 is 23.2 Å². The monoisotopic (exact) mass is 250 g/mol. The SMILES string of the molecule is C=C(Cl)CNC1CCc2ccccc2NC1=O. The lowest BCUT2D eigenvalue weighted by molar-refractivity contribution is -0.118. The Bertz CT molecular complexity index is 445. The summed E-state index contributed by atoms with van der Waals surface area (Å²) in [7, 11) is 0. The van der Waals surface area contributed by atoms with E-state index in [-0.39, 0.29) is 11.9 Å². The Labute approximate surface area is 106 Å². The number of carbonyl (C=O) groups is 1. The quantitative estimate of drug-likeness (QED) is 0.864. The minimum absolute atomic E-state index is 0.00660. The molecule has 2 rings (SSSR count). The van der Waals surface area contributed by atoms with Crippen molar-refractivity contribution in [3.8, 4) is 0 Å². The molecule has 1 atom stereocenters. The maximum Gasteiger partial charge on any atom is 0.241 e. The second kappa shape index (κ2) is 5.34. The van der Waals surface area contributed by atoms with Crippen molar-refractivity contribution in [3.63, 3.8) is 0 Å². The van der Waals surface area contributed by atoms with Gasteiger partial charge in [-0.2, -0.15) is 0 Å². The molecule has 0 aromatic heterocycles. The minimum Gasteiger partial charge on any atom is -0.324 e. The molecule has 4 heteroatoms. The van der Waals surface area contributed by atoms with E-state index >= 15 is 0 Å². The summed E-state index contributed by atoms with van der Waals surface area (Å²) in [4.78, 5) is 11.9. The molecule has 0 fully saturated rings. The normalized spacial score (nSPS) is 19.1. The molecule has 1 aliphatic heterocycles. The van der Waals surface area contributed by atoms with Crippen LogP contribution in [0.4, 0.5) is 5.69 Å². The topological polar surface area (TPSA) is 41.1 Å². The number of hydrogen-bond donors (Lipinski definition) is 2. The fraction of sp³-hybridized carbons (Fsp3) is 0.308. The van der Waals surface area contributed by atoms with Crippen LogP contribution in [0.2, 0.25) is 0 Å². The van der Waals surface area contributed by atoms with Crippen molar-refractivity contribution in [3.05, 3.63) is 41.4 Å². The Hall–Kier alpha value is -1.32. The van der Waals surface area contributed by atoms with E-state index in [9.17, 15) is 4.79 Å². The first-order chi connectivity index (χ1) is 8.16. The molecule has 0 radical (unpaired) electrons. The molecule has 1 unspecified atom stereocenters. The second-order valence-electron chi connectivity index (χ2n) is 4.14. The average Bonchev–Trinajstić information content (AvgIpc) is 2.45. The molecule has 2 N–H and O–H groups in total. The number of amides is 1. The third-order valence-corrected chi connectivity index (χ3v) is 2.97. The molecule has 0 saturated carbocycles. The number of benzene rings is 1. The number of carbonyl (C=O) groups excluding carboxylic acids is 1. The van der Waals surface area contributed by atoms with E-state index in [4.69, 9.17) is 11.6 Å². The van der Waals surface area contributed by atoms with Crippen molar-refractivity contribution in [1.29, 1.82) is 0 Å². The molecule has 17 heavy (non-hydrogen) atoms. The predicted molar refractivity (Wildman–Crippen MR) is 70.2 cm³/mol.